The molecule has 3 rings (SSSR count). The monoisotopic (exact) mass is 205 g/mol. The van der Waals surface area contributed by atoms with E-state index in [-0.39, 0.29) is 5.54 Å². The zero-order valence-electron chi connectivity index (χ0n) is 8.80. The minimum atomic E-state index is -1.05. The summed E-state index contributed by atoms with van der Waals surface area (Å²) >= 11 is 0. The minimum Gasteiger partial charge on any atom is -0.321 e. The molecule has 1 nitrogen and oxygen atoms in total. The Bertz CT molecular complexity index is 391. The van der Waals surface area contributed by atoms with Gasteiger partial charge in [0.25, 0.3) is 0 Å². The summed E-state index contributed by atoms with van der Waals surface area (Å²) in [7, 11) is 0. The van der Waals surface area contributed by atoms with E-state index >= 15 is 0 Å². The van der Waals surface area contributed by atoms with Gasteiger partial charge >= 0.3 is 0 Å². The van der Waals surface area contributed by atoms with Crippen LogP contribution in [0.3, 0.4) is 0 Å². The fourth-order valence-corrected chi connectivity index (χ4v) is 2.31. The molecule has 2 aliphatic carbocycles. The van der Waals surface area contributed by atoms with Crippen molar-refractivity contribution in [2.24, 2.45) is 5.73 Å². The van der Waals surface area contributed by atoms with E-state index in [1.165, 1.54) is 0 Å². The highest BCUT2D eigenvalue weighted by molar-refractivity contribution is 5.36. The van der Waals surface area contributed by atoms with E-state index in [0.717, 1.165) is 30.4 Å². The molecule has 0 amide bonds. The molecule has 2 saturated carbocycles. The fourth-order valence-electron chi connectivity index (χ4n) is 2.31. The molecule has 0 unspecified atom stereocenters. The Morgan fingerprint density at radius 1 is 1.07 bits per heavy atom. The van der Waals surface area contributed by atoms with Crippen LogP contribution in [0.2, 0.25) is 0 Å². The number of benzene rings is 1. The van der Waals surface area contributed by atoms with Gasteiger partial charge < -0.3 is 5.73 Å². The second kappa shape index (κ2) is 2.82. The van der Waals surface area contributed by atoms with E-state index < -0.39 is 5.67 Å². The van der Waals surface area contributed by atoms with E-state index in [1.54, 1.807) is 0 Å². The Morgan fingerprint density at radius 2 is 1.73 bits per heavy atom. The molecule has 0 aliphatic heterocycles. The lowest BCUT2D eigenvalue weighted by Crippen LogP contribution is -2.29. The Morgan fingerprint density at radius 3 is 2.27 bits per heavy atom. The lowest BCUT2D eigenvalue weighted by Gasteiger charge is -2.34. The Kier molecular flexibility index (Phi) is 1.76. The Labute approximate surface area is 89.5 Å². The van der Waals surface area contributed by atoms with Gasteiger partial charge in [0.2, 0.25) is 0 Å². The highest BCUT2D eigenvalue weighted by atomic mass is 19.1. The summed E-state index contributed by atoms with van der Waals surface area (Å²) in [5, 5.41) is 0. The predicted octanol–water partition coefficient (Wildman–Crippen LogP) is 2.98. The predicted molar refractivity (Wildman–Crippen MR) is 58.2 cm³/mol. The molecule has 0 spiro atoms. The van der Waals surface area contributed by atoms with Crippen molar-refractivity contribution in [1.29, 1.82) is 0 Å². The van der Waals surface area contributed by atoms with Gasteiger partial charge in [0.15, 0.2) is 0 Å². The number of hydrogen-bond acceptors (Lipinski definition) is 1. The van der Waals surface area contributed by atoms with Crippen LogP contribution in [-0.4, -0.2) is 0 Å². The van der Waals surface area contributed by atoms with Crippen molar-refractivity contribution in [1.82, 2.24) is 0 Å². The molecule has 15 heavy (non-hydrogen) atoms. The van der Waals surface area contributed by atoms with Crippen molar-refractivity contribution in [2.45, 2.75) is 43.3 Å². The van der Waals surface area contributed by atoms with Crippen LogP contribution in [-0.2, 0) is 11.2 Å². The highest BCUT2D eigenvalue weighted by Gasteiger charge is 2.43. The first-order valence-electron chi connectivity index (χ1n) is 5.71. The first kappa shape index (κ1) is 9.34. The summed E-state index contributed by atoms with van der Waals surface area (Å²) in [5.74, 6) is 0. The molecule has 0 heterocycles. The summed E-state index contributed by atoms with van der Waals surface area (Å²) < 4.78 is 14.2. The van der Waals surface area contributed by atoms with Gasteiger partial charge in [-0.25, -0.2) is 4.39 Å². The number of alkyl halides is 1. The summed E-state index contributed by atoms with van der Waals surface area (Å²) in [6, 6.07) is 7.84. The van der Waals surface area contributed by atoms with Crippen molar-refractivity contribution >= 4 is 0 Å². The van der Waals surface area contributed by atoms with Crippen molar-refractivity contribution in [3.63, 3.8) is 0 Å². The standard InChI is InChI=1S/C13H16FN/c14-12(5-2-6-12)10-3-1-4-11(9-10)13(15)7-8-13/h1,3-4,9H,2,5-8,15H2. The van der Waals surface area contributed by atoms with E-state index in [2.05, 4.69) is 0 Å². The average Bonchev–Trinajstić information content (AvgIpc) is 2.95. The second-order valence-corrected chi connectivity index (χ2v) is 5.06. The third kappa shape index (κ3) is 1.39. The molecule has 0 aromatic heterocycles. The topological polar surface area (TPSA) is 26.0 Å². The molecule has 2 heteroatoms. The van der Waals surface area contributed by atoms with Gasteiger partial charge in [0.05, 0.1) is 0 Å². The van der Waals surface area contributed by atoms with Gasteiger partial charge in [-0.2, -0.15) is 0 Å². The van der Waals surface area contributed by atoms with Crippen LogP contribution in [0.5, 0.6) is 0 Å². The van der Waals surface area contributed by atoms with Gasteiger partial charge in [-0.3, -0.25) is 0 Å². The van der Waals surface area contributed by atoms with Crippen molar-refractivity contribution < 1.29 is 4.39 Å². The molecule has 2 aliphatic rings. The Balaban J connectivity index is 1.96. The quantitative estimate of drug-likeness (QED) is 0.789. The van der Waals surface area contributed by atoms with Gasteiger partial charge in [0, 0.05) is 5.54 Å². The molecule has 0 bridgehead atoms. The summed E-state index contributed by atoms with van der Waals surface area (Å²) in [5.41, 5.74) is 6.87. The van der Waals surface area contributed by atoms with Crippen LogP contribution in [0.25, 0.3) is 0 Å². The van der Waals surface area contributed by atoms with Gasteiger partial charge in [-0.1, -0.05) is 24.3 Å². The molecule has 0 atom stereocenters. The third-order valence-corrected chi connectivity index (χ3v) is 3.89. The molecule has 2 fully saturated rings. The number of rotatable bonds is 2. The van der Waals surface area contributed by atoms with Crippen LogP contribution < -0.4 is 5.73 Å². The zero-order chi connectivity index (χ0) is 10.5. The van der Waals surface area contributed by atoms with Gasteiger partial charge in [0.1, 0.15) is 5.67 Å². The summed E-state index contributed by atoms with van der Waals surface area (Å²) in [4.78, 5) is 0. The maximum atomic E-state index is 14.2. The maximum Gasteiger partial charge on any atom is 0.136 e. The fraction of sp³-hybridized carbons (Fsp3) is 0.538. The average molecular weight is 205 g/mol. The van der Waals surface area contributed by atoms with Crippen LogP contribution in [0.1, 0.15) is 43.2 Å². The van der Waals surface area contributed by atoms with E-state index in [0.29, 0.717) is 12.8 Å². The molecular formula is C13H16FN. The number of nitrogens with two attached hydrogens (primary N) is 1. The molecule has 80 valence electrons. The molecule has 0 radical (unpaired) electrons. The summed E-state index contributed by atoms with van der Waals surface area (Å²) in [6.07, 6.45) is 4.43. The van der Waals surface area contributed by atoms with Crippen molar-refractivity contribution in [3.05, 3.63) is 35.4 Å². The molecule has 1 aromatic carbocycles. The van der Waals surface area contributed by atoms with E-state index in [9.17, 15) is 4.39 Å². The van der Waals surface area contributed by atoms with Gasteiger partial charge in [-0.15, -0.1) is 0 Å². The third-order valence-electron chi connectivity index (χ3n) is 3.89. The molecule has 1 aromatic rings. The molecular weight excluding hydrogens is 189 g/mol. The van der Waals surface area contributed by atoms with E-state index in [4.69, 9.17) is 5.73 Å². The Hall–Kier alpha value is -0.890. The van der Waals surface area contributed by atoms with Crippen LogP contribution >= 0.6 is 0 Å². The summed E-state index contributed by atoms with van der Waals surface area (Å²) in [6.45, 7) is 0. The zero-order valence-corrected chi connectivity index (χ0v) is 8.80. The smallest absolute Gasteiger partial charge is 0.136 e. The minimum absolute atomic E-state index is 0.143. The SMILES string of the molecule is NC1(c2cccc(C3(F)CCC3)c2)CC1. The van der Waals surface area contributed by atoms with Crippen molar-refractivity contribution in [3.8, 4) is 0 Å². The number of halogens is 1. The van der Waals surface area contributed by atoms with Crippen molar-refractivity contribution in [2.75, 3.05) is 0 Å². The lowest BCUT2D eigenvalue weighted by molar-refractivity contribution is 0.0608. The van der Waals surface area contributed by atoms with Crippen LogP contribution in [0.15, 0.2) is 24.3 Å². The molecule has 0 saturated heterocycles. The number of hydrogen-bond donors (Lipinski definition) is 1. The van der Waals surface area contributed by atoms with Crippen LogP contribution in [0.4, 0.5) is 4.39 Å². The van der Waals surface area contributed by atoms with E-state index in [1.807, 2.05) is 24.3 Å². The first-order valence-corrected chi connectivity index (χ1v) is 5.71. The second-order valence-electron chi connectivity index (χ2n) is 5.06. The largest absolute Gasteiger partial charge is 0.321 e. The molecule has 2 N–H and O–H groups in total. The van der Waals surface area contributed by atoms with Gasteiger partial charge in [-0.05, 0) is 43.2 Å². The first-order chi connectivity index (χ1) is 7.12. The highest BCUT2D eigenvalue weighted by Crippen LogP contribution is 2.48. The normalized spacial score (nSPS) is 25.7. The lowest BCUT2D eigenvalue weighted by atomic mass is 9.76. The van der Waals surface area contributed by atoms with Crippen LogP contribution in [0, 0.1) is 0 Å². The maximum absolute atomic E-state index is 14.2.